The second-order valence-corrected chi connectivity index (χ2v) is 5.28. The maximum Gasteiger partial charge on any atom is 0.123 e. The van der Waals surface area contributed by atoms with Gasteiger partial charge < -0.3 is 11.5 Å². The van der Waals surface area contributed by atoms with E-state index in [1.165, 1.54) is 24.3 Å². The minimum Gasteiger partial charge on any atom is -0.326 e. The van der Waals surface area contributed by atoms with E-state index in [2.05, 4.69) is 0 Å². The van der Waals surface area contributed by atoms with E-state index in [1.54, 1.807) is 24.3 Å². The van der Waals surface area contributed by atoms with Crippen LogP contribution in [0.5, 0.6) is 0 Å². The molecule has 0 saturated heterocycles. The van der Waals surface area contributed by atoms with Gasteiger partial charge in [0.1, 0.15) is 11.6 Å². The lowest BCUT2D eigenvalue weighted by Crippen LogP contribution is -2.53. The Hall–Kier alpha value is -1.78. The third kappa shape index (κ3) is 3.12. The van der Waals surface area contributed by atoms with Gasteiger partial charge >= 0.3 is 0 Å². The zero-order chi connectivity index (χ0) is 15.5. The lowest BCUT2D eigenvalue weighted by atomic mass is 9.76. The molecule has 1 atom stereocenters. The van der Waals surface area contributed by atoms with Crippen molar-refractivity contribution in [2.45, 2.75) is 31.3 Å². The average Bonchev–Trinajstić information content (AvgIpc) is 2.48. The fraction of sp³-hybridized carbons (Fsp3) is 0.294. The van der Waals surface area contributed by atoms with Crippen molar-refractivity contribution >= 4 is 0 Å². The van der Waals surface area contributed by atoms with E-state index in [0.29, 0.717) is 6.42 Å². The Morgan fingerprint density at radius 2 is 1.29 bits per heavy atom. The summed E-state index contributed by atoms with van der Waals surface area (Å²) in [6.45, 7) is 2.02. The lowest BCUT2D eigenvalue weighted by Gasteiger charge is -2.36. The Kier molecular flexibility index (Phi) is 4.70. The van der Waals surface area contributed by atoms with Gasteiger partial charge in [0.05, 0.1) is 5.54 Å². The molecule has 0 unspecified atom stereocenters. The number of nitrogens with two attached hydrogens (primary N) is 2. The molecule has 2 aromatic rings. The summed E-state index contributed by atoms with van der Waals surface area (Å²) in [6, 6.07) is 11.6. The largest absolute Gasteiger partial charge is 0.326 e. The van der Waals surface area contributed by atoms with Crippen LogP contribution in [0.25, 0.3) is 0 Å². The summed E-state index contributed by atoms with van der Waals surface area (Å²) in [6.07, 6.45) is 1.59. The molecule has 4 N–H and O–H groups in total. The summed E-state index contributed by atoms with van der Waals surface area (Å²) < 4.78 is 26.3. The molecule has 2 aromatic carbocycles. The predicted octanol–water partition coefficient (Wildman–Crippen LogP) is 3.29. The molecule has 0 aliphatic heterocycles. The smallest absolute Gasteiger partial charge is 0.123 e. The van der Waals surface area contributed by atoms with Gasteiger partial charge in [-0.05, 0) is 41.8 Å². The maximum absolute atomic E-state index is 13.2. The molecule has 21 heavy (non-hydrogen) atoms. The van der Waals surface area contributed by atoms with E-state index in [-0.39, 0.29) is 17.7 Å². The zero-order valence-corrected chi connectivity index (χ0v) is 12.0. The van der Waals surface area contributed by atoms with E-state index < -0.39 is 5.54 Å². The van der Waals surface area contributed by atoms with Crippen LogP contribution in [0.3, 0.4) is 0 Å². The van der Waals surface area contributed by atoms with Crippen LogP contribution >= 0.6 is 0 Å². The Balaban J connectivity index is 2.53. The first kappa shape index (κ1) is 15.6. The molecule has 0 aliphatic carbocycles. The number of benzene rings is 2. The van der Waals surface area contributed by atoms with E-state index in [0.717, 1.165) is 17.5 Å². The molecule has 0 radical (unpaired) electrons. The Morgan fingerprint density at radius 3 is 1.62 bits per heavy atom. The molecule has 2 rings (SSSR count). The summed E-state index contributed by atoms with van der Waals surface area (Å²) in [5, 5.41) is 0. The number of halogens is 2. The van der Waals surface area contributed by atoms with Gasteiger partial charge in [-0.25, -0.2) is 8.78 Å². The van der Waals surface area contributed by atoms with Gasteiger partial charge in [-0.15, -0.1) is 0 Å². The highest BCUT2D eigenvalue weighted by molar-refractivity contribution is 5.40. The summed E-state index contributed by atoms with van der Waals surface area (Å²) in [5.74, 6) is -0.659. The molecule has 0 saturated carbocycles. The summed E-state index contributed by atoms with van der Waals surface area (Å²) in [4.78, 5) is 0. The van der Waals surface area contributed by atoms with Gasteiger partial charge in [0.25, 0.3) is 0 Å². The summed E-state index contributed by atoms with van der Waals surface area (Å²) in [5.41, 5.74) is 13.4. The third-order valence-electron chi connectivity index (χ3n) is 3.83. The number of hydrogen-bond acceptors (Lipinski definition) is 2. The molecule has 2 nitrogen and oxygen atoms in total. The first-order valence-electron chi connectivity index (χ1n) is 7.05. The van der Waals surface area contributed by atoms with Crippen LogP contribution in [0.1, 0.15) is 30.9 Å². The summed E-state index contributed by atoms with van der Waals surface area (Å²) >= 11 is 0. The highest BCUT2D eigenvalue weighted by Gasteiger charge is 2.35. The Morgan fingerprint density at radius 1 is 0.905 bits per heavy atom. The van der Waals surface area contributed by atoms with E-state index >= 15 is 0 Å². The van der Waals surface area contributed by atoms with Gasteiger partial charge in [0.2, 0.25) is 0 Å². The quantitative estimate of drug-likeness (QED) is 0.887. The van der Waals surface area contributed by atoms with Crippen molar-refractivity contribution in [2.75, 3.05) is 0 Å². The fourth-order valence-electron chi connectivity index (χ4n) is 2.58. The molecule has 0 aliphatic rings. The van der Waals surface area contributed by atoms with Crippen molar-refractivity contribution in [1.29, 1.82) is 0 Å². The molecule has 0 spiro atoms. The van der Waals surface area contributed by atoms with Crippen LogP contribution < -0.4 is 11.5 Å². The van der Waals surface area contributed by atoms with Crippen LogP contribution in [0.15, 0.2) is 48.5 Å². The Bertz CT molecular complexity index is 533. The minimum atomic E-state index is -0.975. The molecule has 0 amide bonds. The zero-order valence-electron chi connectivity index (χ0n) is 12.0. The highest BCUT2D eigenvalue weighted by Crippen LogP contribution is 2.31. The second-order valence-electron chi connectivity index (χ2n) is 5.28. The van der Waals surface area contributed by atoms with Crippen LogP contribution in [-0.2, 0) is 5.54 Å². The van der Waals surface area contributed by atoms with Crippen LogP contribution in [-0.4, -0.2) is 6.04 Å². The maximum atomic E-state index is 13.2. The van der Waals surface area contributed by atoms with Gasteiger partial charge in [0, 0.05) is 6.04 Å². The van der Waals surface area contributed by atoms with Crippen molar-refractivity contribution < 1.29 is 8.78 Å². The molecule has 4 heteroatoms. The van der Waals surface area contributed by atoms with E-state index in [4.69, 9.17) is 11.5 Å². The lowest BCUT2D eigenvalue weighted by molar-refractivity contribution is 0.395. The van der Waals surface area contributed by atoms with Crippen molar-refractivity contribution in [1.82, 2.24) is 0 Å². The fourth-order valence-corrected chi connectivity index (χ4v) is 2.58. The van der Waals surface area contributed by atoms with Gasteiger partial charge in [-0.1, -0.05) is 37.6 Å². The highest BCUT2D eigenvalue weighted by atomic mass is 19.1. The standard InChI is InChI=1S/C17H20F2N2/c1-2-3-16(20)17(21,12-4-8-14(18)9-5-12)13-6-10-15(19)11-7-13/h4-11,16H,2-3,20-21H2,1H3/t16-/m0/s1. The molecule has 0 aromatic heterocycles. The molecule has 0 bridgehead atoms. The second kappa shape index (κ2) is 6.33. The van der Waals surface area contributed by atoms with E-state index in [1.807, 2.05) is 6.92 Å². The Labute approximate surface area is 123 Å². The van der Waals surface area contributed by atoms with Crippen molar-refractivity contribution in [3.8, 4) is 0 Å². The normalized spacial score (nSPS) is 13.2. The topological polar surface area (TPSA) is 52.0 Å². The molecular formula is C17H20F2N2. The van der Waals surface area contributed by atoms with Gasteiger partial charge in [-0.3, -0.25) is 0 Å². The third-order valence-corrected chi connectivity index (χ3v) is 3.83. The molecule has 0 heterocycles. The first-order chi connectivity index (χ1) is 9.98. The molecular weight excluding hydrogens is 270 g/mol. The van der Waals surface area contributed by atoms with Crippen molar-refractivity contribution in [3.05, 3.63) is 71.3 Å². The van der Waals surface area contributed by atoms with Crippen LogP contribution in [0.2, 0.25) is 0 Å². The van der Waals surface area contributed by atoms with Crippen molar-refractivity contribution in [3.63, 3.8) is 0 Å². The predicted molar refractivity (Wildman–Crippen MR) is 80.7 cm³/mol. The van der Waals surface area contributed by atoms with Gasteiger partial charge in [-0.2, -0.15) is 0 Å². The van der Waals surface area contributed by atoms with E-state index in [9.17, 15) is 8.78 Å². The minimum absolute atomic E-state index is 0.329. The number of hydrogen-bond donors (Lipinski definition) is 2. The monoisotopic (exact) mass is 290 g/mol. The average molecular weight is 290 g/mol. The van der Waals surface area contributed by atoms with Crippen LogP contribution in [0, 0.1) is 11.6 Å². The number of rotatable bonds is 5. The summed E-state index contributed by atoms with van der Waals surface area (Å²) in [7, 11) is 0. The molecule has 0 fully saturated rings. The van der Waals surface area contributed by atoms with Crippen molar-refractivity contribution in [2.24, 2.45) is 11.5 Å². The first-order valence-corrected chi connectivity index (χ1v) is 7.05. The van der Waals surface area contributed by atoms with Gasteiger partial charge in [0.15, 0.2) is 0 Å². The SMILES string of the molecule is CCC[C@H](N)C(N)(c1ccc(F)cc1)c1ccc(F)cc1. The van der Waals surface area contributed by atoms with Crippen LogP contribution in [0.4, 0.5) is 8.78 Å². The molecule has 112 valence electrons.